The molecule has 1 aromatic rings. The third-order valence-corrected chi connectivity index (χ3v) is 3.62. The van der Waals surface area contributed by atoms with Crippen LogP contribution in [0.15, 0.2) is 28.7 Å². The van der Waals surface area contributed by atoms with Gasteiger partial charge in [0, 0.05) is 24.1 Å². The van der Waals surface area contributed by atoms with Crippen molar-refractivity contribution in [2.45, 2.75) is 5.38 Å². The van der Waals surface area contributed by atoms with Crippen LogP contribution >= 0.6 is 27.5 Å². The van der Waals surface area contributed by atoms with Gasteiger partial charge in [-0.1, -0.05) is 28.1 Å². The summed E-state index contributed by atoms with van der Waals surface area (Å²) >= 11 is 9.87. The minimum absolute atomic E-state index is 0.0515. The molecule has 0 N–H and O–H groups in total. The van der Waals surface area contributed by atoms with Crippen molar-refractivity contribution in [2.75, 3.05) is 32.8 Å². The van der Waals surface area contributed by atoms with E-state index in [4.69, 9.17) is 16.3 Å². The molecule has 0 bridgehead atoms. The van der Waals surface area contributed by atoms with Gasteiger partial charge in [0.1, 0.15) is 0 Å². The maximum absolute atomic E-state index is 6.41. The first-order valence-corrected chi connectivity index (χ1v) is 6.68. The Morgan fingerprint density at radius 3 is 2.81 bits per heavy atom. The van der Waals surface area contributed by atoms with E-state index >= 15 is 0 Å². The van der Waals surface area contributed by atoms with Crippen LogP contribution in [0.5, 0.6) is 0 Å². The second-order valence-electron chi connectivity index (χ2n) is 3.94. The Morgan fingerprint density at radius 2 is 2.12 bits per heavy atom. The minimum Gasteiger partial charge on any atom is -0.379 e. The molecular weight excluding hydrogens is 289 g/mol. The lowest BCUT2D eigenvalue weighted by molar-refractivity contribution is 0.0378. The third-order valence-electron chi connectivity index (χ3n) is 2.73. The maximum Gasteiger partial charge on any atom is 0.0712 e. The van der Waals surface area contributed by atoms with Crippen molar-refractivity contribution >= 4 is 27.5 Å². The van der Waals surface area contributed by atoms with E-state index in [0.717, 1.165) is 37.3 Å². The third kappa shape index (κ3) is 3.45. The van der Waals surface area contributed by atoms with Crippen molar-refractivity contribution in [3.63, 3.8) is 0 Å². The van der Waals surface area contributed by atoms with E-state index in [0.29, 0.717) is 0 Å². The van der Waals surface area contributed by atoms with Gasteiger partial charge in [0.2, 0.25) is 0 Å². The highest BCUT2D eigenvalue weighted by molar-refractivity contribution is 9.10. The van der Waals surface area contributed by atoms with E-state index in [-0.39, 0.29) is 5.38 Å². The Morgan fingerprint density at radius 1 is 1.38 bits per heavy atom. The predicted molar refractivity (Wildman–Crippen MR) is 70.0 cm³/mol. The van der Waals surface area contributed by atoms with Crippen LogP contribution in [0.25, 0.3) is 0 Å². The molecule has 0 spiro atoms. The average Bonchev–Trinajstić information content (AvgIpc) is 2.30. The highest BCUT2D eigenvalue weighted by atomic mass is 79.9. The molecular formula is C12H15BrClNO. The van der Waals surface area contributed by atoms with Gasteiger partial charge in [-0.15, -0.1) is 11.6 Å². The number of benzene rings is 1. The van der Waals surface area contributed by atoms with Gasteiger partial charge < -0.3 is 4.74 Å². The number of hydrogen-bond acceptors (Lipinski definition) is 2. The van der Waals surface area contributed by atoms with Crippen LogP contribution in [0.2, 0.25) is 0 Å². The van der Waals surface area contributed by atoms with Crippen LogP contribution in [-0.4, -0.2) is 37.7 Å². The van der Waals surface area contributed by atoms with Gasteiger partial charge in [0.15, 0.2) is 0 Å². The lowest BCUT2D eigenvalue weighted by atomic mass is 10.1. The fourth-order valence-corrected chi connectivity index (χ4v) is 2.57. The molecule has 88 valence electrons. The summed E-state index contributed by atoms with van der Waals surface area (Å²) in [6, 6.07) is 8.19. The van der Waals surface area contributed by atoms with Gasteiger partial charge in [0.25, 0.3) is 0 Å². The first-order chi connectivity index (χ1) is 7.75. The van der Waals surface area contributed by atoms with Crippen molar-refractivity contribution in [1.29, 1.82) is 0 Å². The smallest absolute Gasteiger partial charge is 0.0712 e. The zero-order chi connectivity index (χ0) is 11.4. The number of halogens is 2. The van der Waals surface area contributed by atoms with Crippen LogP contribution in [0.3, 0.4) is 0 Å². The number of nitrogens with zero attached hydrogens (tertiary/aromatic N) is 1. The van der Waals surface area contributed by atoms with Gasteiger partial charge >= 0.3 is 0 Å². The summed E-state index contributed by atoms with van der Waals surface area (Å²) in [6.07, 6.45) is 0. The van der Waals surface area contributed by atoms with Crippen LogP contribution in [0, 0.1) is 0 Å². The van der Waals surface area contributed by atoms with Gasteiger partial charge in [-0.2, -0.15) is 0 Å². The fraction of sp³-hybridized carbons (Fsp3) is 0.500. The fourth-order valence-electron chi connectivity index (χ4n) is 1.82. The van der Waals surface area contributed by atoms with E-state index < -0.39 is 0 Å². The lowest BCUT2D eigenvalue weighted by Gasteiger charge is -2.28. The number of morpholine rings is 1. The van der Waals surface area contributed by atoms with Crippen molar-refractivity contribution in [2.24, 2.45) is 0 Å². The van der Waals surface area contributed by atoms with Crippen LogP contribution in [0.4, 0.5) is 0 Å². The second kappa shape index (κ2) is 6.01. The van der Waals surface area contributed by atoms with Gasteiger partial charge in [0.05, 0.1) is 18.6 Å². The first-order valence-electron chi connectivity index (χ1n) is 5.45. The van der Waals surface area contributed by atoms with Crippen molar-refractivity contribution in [1.82, 2.24) is 4.90 Å². The zero-order valence-electron chi connectivity index (χ0n) is 9.03. The Balaban J connectivity index is 1.94. The van der Waals surface area contributed by atoms with E-state index in [9.17, 15) is 0 Å². The van der Waals surface area contributed by atoms with E-state index in [2.05, 4.69) is 33.0 Å². The van der Waals surface area contributed by atoms with Crippen LogP contribution in [0.1, 0.15) is 10.9 Å². The quantitative estimate of drug-likeness (QED) is 0.796. The van der Waals surface area contributed by atoms with Crippen molar-refractivity contribution in [3.8, 4) is 0 Å². The Bertz CT molecular complexity index is 342. The van der Waals surface area contributed by atoms with E-state index in [1.165, 1.54) is 5.56 Å². The number of hydrogen-bond donors (Lipinski definition) is 0. The summed E-state index contributed by atoms with van der Waals surface area (Å²) in [7, 11) is 0. The molecule has 2 rings (SSSR count). The summed E-state index contributed by atoms with van der Waals surface area (Å²) in [5.41, 5.74) is 1.17. The monoisotopic (exact) mass is 303 g/mol. The molecule has 1 heterocycles. The minimum atomic E-state index is 0.0515. The van der Waals surface area contributed by atoms with E-state index in [1.54, 1.807) is 0 Å². The molecule has 0 saturated carbocycles. The maximum atomic E-state index is 6.41. The molecule has 0 radical (unpaired) electrons. The summed E-state index contributed by atoms with van der Waals surface area (Å²) in [5.74, 6) is 0. The average molecular weight is 305 g/mol. The molecule has 0 aromatic heterocycles. The molecule has 1 unspecified atom stereocenters. The number of ether oxygens (including phenoxy) is 1. The highest BCUT2D eigenvalue weighted by Crippen LogP contribution is 2.24. The summed E-state index contributed by atoms with van der Waals surface area (Å²) < 4.78 is 6.39. The number of alkyl halides is 1. The zero-order valence-corrected chi connectivity index (χ0v) is 11.4. The summed E-state index contributed by atoms with van der Waals surface area (Å²) in [5, 5.41) is 0.0515. The second-order valence-corrected chi connectivity index (χ2v) is 5.38. The van der Waals surface area contributed by atoms with E-state index in [1.807, 2.05) is 12.1 Å². The summed E-state index contributed by atoms with van der Waals surface area (Å²) in [4.78, 5) is 2.35. The van der Waals surface area contributed by atoms with Gasteiger partial charge in [-0.3, -0.25) is 4.90 Å². The van der Waals surface area contributed by atoms with Crippen LogP contribution < -0.4 is 0 Å². The molecule has 0 amide bonds. The molecule has 1 saturated heterocycles. The molecule has 4 heteroatoms. The molecule has 1 aromatic carbocycles. The van der Waals surface area contributed by atoms with Crippen molar-refractivity contribution < 1.29 is 4.74 Å². The standard InChI is InChI=1S/C12H15BrClNO/c13-11-3-1-2-10(8-11)12(14)9-15-4-6-16-7-5-15/h1-3,8,12H,4-7,9H2. The van der Waals surface area contributed by atoms with Gasteiger partial charge in [-0.05, 0) is 17.7 Å². The number of rotatable bonds is 3. The topological polar surface area (TPSA) is 12.5 Å². The largest absolute Gasteiger partial charge is 0.379 e. The highest BCUT2D eigenvalue weighted by Gasteiger charge is 2.16. The van der Waals surface area contributed by atoms with Gasteiger partial charge in [-0.25, -0.2) is 0 Å². The van der Waals surface area contributed by atoms with Crippen molar-refractivity contribution in [3.05, 3.63) is 34.3 Å². The molecule has 1 atom stereocenters. The molecule has 1 fully saturated rings. The molecule has 16 heavy (non-hydrogen) atoms. The Kier molecular flexibility index (Phi) is 4.65. The Hall–Kier alpha value is -0.0900. The van der Waals surface area contributed by atoms with Crippen LogP contribution in [-0.2, 0) is 4.74 Å². The molecule has 2 nitrogen and oxygen atoms in total. The molecule has 1 aliphatic rings. The molecule has 1 aliphatic heterocycles. The SMILES string of the molecule is ClC(CN1CCOCC1)c1cccc(Br)c1. The first kappa shape index (κ1) is 12.4. The molecule has 0 aliphatic carbocycles. The normalized spacial score (nSPS) is 19.6. The predicted octanol–water partition coefficient (Wildman–Crippen LogP) is 3.06. The Labute approximate surface area is 110 Å². The summed E-state index contributed by atoms with van der Waals surface area (Å²) in [6.45, 7) is 4.50. The lowest BCUT2D eigenvalue weighted by Crippen LogP contribution is -2.38.